The van der Waals surface area contributed by atoms with Crippen molar-refractivity contribution >= 4 is 38.3 Å². The van der Waals surface area contributed by atoms with Crippen molar-refractivity contribution in [2.45, 2.75) is 17.9 Å². The van der Waals surface area contributed by atoms with Gasteiger partial charge in [0, 0.05) is 29.7 Å². The number of hydrogen-bond acceptors (Lipinski definition) is 7. The fourth-order valence-corrected chi connectivity index (χ4v) is 4.91. The van der Waals surface area contributed by atoms with E-state index in [9.17, 15) is 12.8 Å². The Balaban J connectivity index is 1.65. The van der Waals surface area contributed by atoms with Gasteiger partial charge in [0.15, 0.2) is 0 Å². The molecule has 146 valence electrons. The summed E-state index contributed by atoms with van der Waals surface area (Å²) >= 11 is 7.04. The first-order valence-electron chi connectivity index (χ1n) is 8.22. The van der Waals surface area contributed by atoms with Crippen LogP contribution in [-0.2, 0) is 23.0 Å². The van der Waals surface area contributed by atoms with E-state index in [4.69, 9.17) is 16.3 Å². The molecule has 4 rings (SSSR count). The van der Waals surface area contributed by atoms with Crippen LogP contribution in [0.2, 0.25) is 5.02 Å². The first kappa shape index (κ1) is 19.1. The Morgan fingerprint density at radius 3 is 2.93 bits per heavy atom. The van der Waals surface area contributed by atoms with E-state index in [1.54, 1.807) is 6.07 Å². The number of nitrogens with one attached hydrogen (secondary N) is 2. The van der Waals surface area contributed by atoms with Crippen molar-refractivity contribution in [1.82, 2.24) is 14.7 Å². The van der Waals surface area contributed by atoms with Gasteiger partial charge >= 0.3 is 0 Å². The van der Waals surface area contributed by atoms with Crippen molar-refractivity contribution in [2.75, 3.05) is 11.3 Å². The van der Waals surface area contributed by atoms with Crippen molar-refractivity contribution in [3.8, 4) is 11.5 Å². The molecule has 0 unspecified atom stereocenters. The maximum absolute atomic E-state index is 14.6. The molecule has 1 aliphatic rings. The lowest BCUT2D eigenvalue weighted by Crippen LogP contribution is -2.23. The molecule has 0 radical (unpaired) electrons. The van der Waals surface area contributed by atoms with Gasteiger partial charge in [-0.2, -0.15) is 4.37 Å². The third-order valence-electron chi connectivity index (χ3n) is 4.18. The van der Waals surface area contributed by atoms with Crippen LogP contribution in [0.1, 0.15) is 11.1 Å². The average molecular weight is 441 g/mol. The molecule has 7 nitrogen and oxygen atoms in total. The largest absolute Gasteiger partial charge is 0.455 e. The number of benzene rings is 2. The highest BCUT2D eigenvalue weighted by atomic mass is 35.5. The molecule has 3 aromatic rings. The van der Waals surface area contributed by atoms with E-state index in [1.807, 2.05) is 12.1 Å². The molecule has 11 heteroatoms. The molecular formula is C17H14ClFN4O3S2. The first-order valence-corrected chi connectivity index (χ1v) is 10.9. The Hall–Kier alpha value is -2.27. The molecular weight excluding hydrogens is 427 g/mol. The van der Waals surface area contributed by atoms with E-state index >= 15 is 0 Å². The van der Waals surface area contributed by atoms with Crippen LogP contribution in [0.25, 0.3) is 0 Å². The van der Waals surface area contributed by atoms with Crippen LogP contribution in [0.4, 0.5) is 9.52 Å². The lowest BCUT2D eigenvalue weighted by atomic mass is 10.0. The number of ether oxygens (including phenoxy) is 1. The lowest BCUT2D eigenvalue weighted by molar-refractivity contribution is 0.462. The summed E-state index contributed by atoms with van der Waals surface area (Å²) in [4.78, 5) is 3.13. The summed E-state index contributed by atoms with van der Waals surface area (Å²) < 4.78 is 51.1. The summed E-state index contributed by atoms with van der Waals surface area (Å²) in [6, 6.07) is 7.60. The second-order valence-electron chi connectivity index (χ2n) is 5.99. The second kappa shape index (κ2) is 7.63. The predicted molar refractivity (Wildman–Crippen MR) is 104 cm³/mol. The number of halogens is 2. The zero-order valence-electron chi connectivity index (χ0n) is 14.3. The Bertz CT molecular complexity index is 1120. The van der Waals surface area contributed by atoms with Gasteiger partial charge in [0.05, 0.1) is 5.02 Å². The molecule has 1 aromatic heterocycles. The fraction of sp³-hybridized carbons (Fsp3) is 0.176. The first-order chi connectivity index (χ1) is 13.4. The molecule has 2 aromatic carbocycles. The maximum Gasteiger partial charge on any atom is 0.266 e. The molecule has 0 fully saturated rings. The minimum absolute atomic E-state index is 0.0226. The Kier molecular flexibility index (Phi) is 5.19. The standard InChI is InChI=1S/C17H14ClFN4O3S2/c18-12-6-16(28(24,25)23-17-21-9-22-27-17)13(19)7-15(12)26-14-3-1-2-10-8-20-5-4-11(10)14/h1-3,6-7,9,20H,4-5,8H2,(H,21,22,23). The number of nitrogens with zero attached hydrogens (tertiary/aromatic N) is 2. The van der Waals surface area contributed by atoms with E-state index in [-0.39, 0.29) is 15.9 Å². The molecule has 0 saturated carbocycles. The predicted octanol–water partition coefficient (Wildman–Crippen LogP) is 3.57. The van der Waals surface area contributed by atoms with Gasteiger partial charge in [-0.15, -0.1) is 0 Å². The van der Waals surface area contributed by atoms with E-state index in [2.05, 4.69) is 19.4 Å². The Morgan fingerprint density at radius 1 is 1.29 bits per heavy atom. The second-order valence-corrected chi connectivity index (χ2v) is 8.83. The summed E-state index contributed by atoms with van der Waals surface area (Å²) in [5.41, 5.74) is 2.12. The topological polar surface area (TPSA) is 93.2 Å². The smallest absolute Gasteiger partial charge is 0.266 e. The third kappa shape index (κ3) is 3.81. The molecule has 0 bridgehead atoms. The van der Waals surface area contributed by atoms with Gasteiger partial charge in [0.2, 0.25) is 5.13 Å². The fourth-order valence-electron chi connectivity index (χ4n) is 2.89. The van der Waals surface area contributed by atoms with Crippen molar-refractivity contribution in [3.63, 3.8) is 0 Å². The highest BCUT2D eigenvalue weighted by Crippen LogP contribution is 2.36. The van der Waals surface area contributed by atoms with Crippen LogP contribution in [0.5, 0.6) is 11.5 Å². The Morgan fingerprint density at radius 2 is 2.14 bits per heavy atom. The summed E-state index contributed by atoms with van der Waals surface area (Å²) in [7, 11) is -4.21. The minimum Gasteiger partial charge on any atom is -0.455 e. The highest BCUT2D eigenvalue weighted by molar-refractivity contribution is 7.93. The van der Waals surface area contributed by atoms with Gasteiger partial charge in [-0.1, -0.05) is 23.7 Å². The van der Waals surface area contributed by atoms with Crippen LogP contribution >= 0.6 is 23.1 Å². The van der Waals surface area contributed by atoms with Gasteiger partial charge in [0.1, 0.15) is 28.5 Å². The van der Waals surface area contributed by atoms with Crippen molar-refractivity contribution in [2.24, 2.45) is 0 Å². The SMILES string of the molecule is O=S(=O)(Nc1ncns1)c1cc(Cl)c(Oc2cccc3c2CCNC3)cc1F. The molecule has 0 amide bonds. The number of sulfonamides is 1. The van der Waals surface area contributed by atoms with Gasteiger partial charge in [-0.3, -0.25) is 4.72 Å². The maximum atomic E-state index is 14.6. The molecule has 0 saturated heterocycles. The zero-order chi connectivity index (χ0) is 19.7. The number of anilines is 1. The molecule has 0 aliphatic carbocycles. The van der Waals surface area contributed by atoms with Gasteiger partial charge < -0.3 is 10.1 Å². The quantitative estimate of drug-likeness (QED) is 0.630. The number of aromatic nitrogens is 2. The van der Waals surface area contributed by atoms with Crippen LogP contribution in [0.15, 0.2) is 41.6 Å². The number of rotatable bonds is 5. The lowest BCUT2D eigenvalue weighted by Gasteiger charge is -2.20. The molecule has 0 spiro atoms. The summed E-state index contributed by atoms with van der Waals surface area (Å²) in [6.07, 6.45) is 1.96. The van der Waals surface area contributed by atoms with Gasteiger partial charge in [-0.25, -0.2) is 17.8 Å². The molecule has 2 N–H and O–H groups in total. The minimum atomic E-state index is -4.21. The van der Waals surface area contributed by atoms with E-state index < -0.39 is 20.7 Å². The molecule has 1 aliphatic heterocycles. The average Bonchev–Trinajstić information content (AvgIpc) is 3.17. The normalized spacial score (nSPS) is 13.8. The van der Waals surface area contributed by atoms with Crippen molar-refractivity contribution < 1.29 is 17.5 Å². The van der Waals surface area contributed by atoms with E-state index in [1.165, 1.54) is 6.33 Å². The zero-order valence-corrected chi connectivity index (χ0v) is 16.7. The van der Waals surface area contributed by atoms with Crippen LogP contribution < -0.4 is 14.8 Å². The highest BCUT2D eigenvalue weighted by Gasteiger charge is 2.24. The third-order valence-corrected chi connectivity index (χ3v) is 6.53. The van der Waals surface area contributed by atoms with Crippen LogP contribution in [-0.4, -0.2) is 24.3 Å². The van der Waals surface area contributed by atoms with Gasteiger partial charge in [-0.05, 0) is 30.7 Å². The summed E-state index contributed by atoms with van der Waals surface area (Å²) in [6.45, 7) is 1.53. The molecule has 28 heavy (non-hydrogen) atoms. The van der Waals surface area contributed by atoms with Crippen LogP contribution in [0.3, 0.4) is 0 Å². The number of fused-ring (bicyclic) bond motifs is 1. The van der Waals surface area contributed by atoms with Crippen molar-refractivity contribution in [1.29, 1.82) is 0 Å². The van der Waals surface area contributed by atoms with Crippen molar-refractivity contribution in [3.05, 3.63) is 58.6 Å². The van der Waals surface area contributed by atoms with E-state index in [0.29, 0.717) is 5.75 Å². The number of hydrogen-bond donors (Lipinski definition) is 2. The summed E-state index contributed by atoms with van der Waals surface area (Å²) in [5, 5.41) is 3.28. The Labute approximate surface area is 169 Å². The van der Waals surface area contributed by atoms with E-state index in [0.717, 1.165) is 54.3 Å². The van der Waals surface area contributed by atoms with Gasteiger partial charge in [0.25, 0.3) is 10.0 Å². The summed E-state index contributed by atoms with van der Waals surface area (Å²) in [5.74, 6) is -0.369. The molecule has 0 atom stereocenters. The molecule has 2 heterocycles. The van der Waals surface area contributed by atoms with Crippen LogP contribution in [0, 0.1) is 5.82 Å². The monoisotopic (exact) mass is 440 g/mol.